The summed E-state index contributed by atoms with van der Waals surface area (Å²) in [6.45, 7) is 11.3. The molecular weight excluding hydrogens is 1190 g/mol. The Balaban J connectivity index is 0.722. The first-order valence-electron chi connectivity index (χ1n) is 34.4. The lowest BCUT2D eigenvalue weighted by Gasteiger charge is -2.30. The van der Waals surface area contributed by atoms with Crippen LogP contribution in [-0.2, 0) is 6.42 Å². The van der Waals surface area contributed by atoms with E-state index in [0.29, 0.717) is 5.92 Å². The predicted octanol–water partition coefficient (Wildman–Crippen LogP) is 26.0. The molecule has 6 nitrogen and oxygen atoms in total. The van der Waals surface area contributed by atoms with Gasteiger partial charge in [0.15, 0.2) is 0 Å². The minimum absolute atomic E-state index is 0.182. The highest BCUT2D eigenvalue weighted by Crippen LogP contribution is 2.53. The first kappa shape index (κ1) is 58.5. The molecule has 4 heterocycles. The molecule has 4 aromatic heterocycles. The molecule has 0 amide bonds. The van der Waals surface area contributed by atoms with E-state index in [2.05, 4.69) is 385 Å². The summed E-state index contributed by atoms with van der Waals surface area (Å²) in [4.78, 5) is 9.85. The molecule has 0 aliphatic rings. The van der Waals surface area contributed by atoms with Crippen molar-refractivity contribution in [1.82, 2.24) is 8.80 Å². The Bertz CT molecular complexity index is 5990. The van der Waals surface area contributed by atoms with E-state index in [1.807, 2.05) is 0 Å². The van der Waals surface area contributed by atoms with Crippen LogP contribution in [0.5, 0.6) is 0 Å². The Morgan fingerprint density at radius 2 is 0.571 bits per heavy atom. The molecule has 0 radical (unpaired) electrons. The Morgan fingerprint density at radius 1 is 0.265 bits per heavy atom. The fourth-order valence-corrected chi connectivity index (χ4v) is 16.1. The van der Waals surface area contributed by atoms with E-state index in [4.69, 9.17) is 0 Å². The molecule has 470 valence electrons. The van der Waals surface area contributed by atoms with Crippen LogP contribution in [0.3, 0.4) is 0 Å². The van der Waals surface area contributed by atoms with Crippen LogP contribution in [-0.4, -0.2) is 8.80 Å². The Morgan fingerprint density at radius 3 is 0.969 bits per heavy atom. The van der Waals surface area contributed by atoms with Crippen LogP contribution in [0.1, 0.15) is 60.4 Å². The highest BCUT2D eigenvalue weighted by molar-refractivity contribution is 6.30. The van der Waals surface area contributed by atoms with E-state index in [9.17, 15) is 0 Å². The number of fused-ring (bicyclic) bond motifs is 12. The van der Waals surface area contributed by atoms with Gasteiger partial charge in [0.1, 0.15) is 0 Å². The lowest BCUT2D eigenvalue weighted by Crippen LogP contribution is -2.14. The minimum Gasteiger partial charge on any atom is -0.310 e. The Kier molecular flexibility index (Phi) is 14.1. The molecule has 0 saturated carbocycles. The van der Waals surface area contributed by atoms with Gasteiger partial charge in [-0.2, -0.15) is 0 Å². The van der Waals surface area contributed by atoms with E-state index in [1.165, 1.54) is 110 Å². The maximum Gasteiger partial charge on any atom is 0.0622 e. The van der Waals surface area contributed by atoms with Gasteiger partial charge in [-0.15, -0.1) is 0 Å². The second-order valence-corrected chi connectivity index (χ2v) is 26.9. The number of hydrogen-bond donors (Lipinski definition) is 0. The fraction of sp³-hybridized carbons (Fsp3) is 0.0870. The summed E-state index contributed by atoms with van der Waals surface area (Å²) in [6, 6.07) is 119. The third-order valence-electron chi connectivity index (χ3n) is 20.5. The van der Waals surface area contributed by atoms with Crippen LogP contribution in [0, 0.1) is 13.8 Å². The largest absolute Gasteiger partial charge is 0.310 e. The lowest BCUT2D eigenvalue weighted by molar-refractivity contribution is 0.759. The van der Waals surface area contributed by atoms with Crippen LogP contribution in [0.2, 0.25) is 0 Å². The molecule has 0 fully saturated rings. The van der Waals surface area contributed by atoms with Gasteiger partial charge < -0.3 is 28.4 Å². The molecule has 1 atom stereocenters. The number of rotatable bonds is 16. The summed E-state index contributed by atoms with van der Waals surface area (Å²) in [5.41, 5.74) is 27.1. The van der Waals surface area contributed by atoms with Gasteiger partial charge in [-0.3, -0.25) is 0 Å². The van der Waals surface area contributed by atoms with Gasteiger partial charge in [-0.05, 0) is 199 Å². The van der Waals surface area contributed by atoms with Crippen molar-refractivity contribution in [3.05, 3.63) is 349 Å². The summed E-state index contributed by atoms with van der Waals surface area (Å²) in [7, 11) is 0. The molecule has 18 aromatic rings. The van der Waals surface area contributed by atoms with Crippen molar-refractivity contribution in [1.29, 1.82) is 0 Å². The number of aromatic nitrogens is 2. The Hall–Kier alpha value is -12.1. The number of benzene rings is 14. The van der Waals surface area contributed by atoms with Crippen LogP contribution in [0.25, 0.3) is 76.2 Å². The molecule has 0 N–H and O–H groups in total. The van der Waals surface area contributed by atoms with Gasteiger partial charge in [0, 0.05) is 88.6 Å². The van der Waals surface area contributed by atoms with E-state index < -0.39 is 0 Å². The second kappa shape index (κ2) is 23.7. The molecule has 1 unspecified atom stereocenters. The molecule has 0 spiro atoms. The smallest absolute Gasteiger partial charge is 0.0622 e. The third kappa shape index (κ3) is 9.45. The lowest BCUT2D eigenvalue weighted by atomic mass is 9.92. The van der Waals surface area contributed by atoms with Crippen molar-refractivity contribution in [2.45, 2.75) is 52.9 Å². The van der Waals surface area contributed by atoms with Gasteiger partial charge in [-0.25, -0.2) is 0 Å². The van der Waals surface area contributed by atoms with Gasteiger partial charge in [-0.1, -0.05) is 203 Å². The maximum absolute atomic E-state index is 2.53. The van der Waals surface area contributed by atoms with Gasteiger partial charge >= 0.3 is 0 Å². The van der Waals surface area contributed by atoms with E-state index in [-0.39, 0.29) is 5.92 Å². The third-order valence-corrected chi connectivity index (χ3v) is 20.5. The summed E-state index contributed by atoms with van der Waals surface area (Å²) in [5, 5.41) is 9.85. The Labute approximate surface area is 571 Å². The molecule has 0 aliphatic carbocycles. The summed E-state index contributed by atoms with van der Waals surface area (Å²) >= 11 is 0. The molecular formula is C92H72N6. The molecule has 0 aliphatic heterocycles. The van der Waals surface area contributed by atoms with Crippen LogP contribution >= 0.6 is 0 Å². The molecule has 0 bridgehead atoms. The molecule has 98 heavy (non-hydrogen) atoms. The summed E-state index contributed by atoms with van der Waals surface area (Å²) in [6.07, 6.45) is 0.828. The first-order chi connectivity index (χ1) is 48.2. The molecule has 18 rings (SSSR count). The standard InChI is InChI=1S/C92H72N6/c1-60(2)64-49-53-70(54-50-64)93(67-28-9-6-10-29-67)79-41-21-45-83-87(79)74-36-19-37-75-88-80(42-22-46-84(88)97(83)91(74)75)94(68-30-11-7-12-31-68)71-55-51-65(52-56-71)63(5)59-66-27-15-16-40-78(66)96(73-35-18-26-62(4)58-73)82-44-24-48-86-90(82)77-39-20-38-76-89-81(43-23-47-85(89)98(86)92(76)77)95(69-32-13-8-14-33-69)72-34-17-25-61(3)57-72/h6-58,60,63H,59H2,1-5H3. The SMILES string of the molecule is Cc1cccc(N(c2ccccc2)c2cccc3c2c2cccc4c5c(N(c6cccc(C)c6)c6ccccc6CC(C)c6ccc(N(c7ccccc7)c7cccc8c7c7cccc9c%10c(N(c%11ccccc%11)c%11ccc(C(C)C)cc%11)cccc%10n8c97)cc6)cccc5n3c24)c1. The molecule has 14 aromatic carbocycles. The van der Waals surface area contributed by atoms with E-state index in [0.717, 1.165) is 69.0 Å². The maximum atomic E-state index is 2.53. The average molecular weight is 1260 g/mol. The minimum atomic E-state index is 0.182. The van der Waals surface area contributed by atoms with Gasteiger partial charge in [0.25, 0.3) is 0 Å². The molecule has 0 saturated heterocycles. The average Bonchev–Trinajstić information content (AvgIpc) is 1.54. The topological polar surface area (TPSA) is 21.8 Å². The van der Waals surface area contributed by atoms with Crippen LogP contribution in [0.4, 0.5) is 68.2 Å². The number of anilines is 12. The van der Waals surface area contributed by atoms with Crippen molar-refractivity contribution >= 4 is 144 Å². The monoisotopic (exact) mass is 1260 g/mol. The van der Waals surface area contributed by atoms with Crippen molar-refractivity contribution in [2.75, 3.05) is 19.6 Å². The summed E-state index contributed by atoms with van der Waals surface area (Å²) in [5.74, 6) is 0.625. The van der Waals surface area contributed by atoms with Crippen molar-refractivity contribution in [2.24, 2.45) is 0 Å². The van der Waals surface area contributed by atoms with Crippen molar-refractivity contribution < 1.29 is 0 Å². The van der Waals surface area contributed by atoms with E-state index >= 15 is 0 Å². The zero-order valence-electron chi connectivity index (χ0n) is 55.6. The predicted molar refractivity (Wildman–Crippen MR) is 417 cm³/mol. The highest BCUT2D eigenvalue weighted by Gasteiger charge is 2.30. The number of aryl methyl sites for hydroxylation is 2. The molecule has 6 heteroatoms. The normalized spacial score (nSPS) is 12.2. The first-order valence-corrected chi connectivity index (χ1v) is 34.4. The highest BCUT2D eigenvalue weighted by atomic mass is 15.2. The van der Waals surface area contributed by atoms with Crippen molar-refractivity contribution in [3.8, 4) is 0 Å². The number of hydrogen-bond acceptors (Lipinski definition) is 4. The zero-order valence-corrected chi connectivity index (χ0v) is 55.6. The van der Waals surface area contributed by atoms with Crippen molar-refractivity contribution in [3.63, 3.8) is 0 Å². The number of para-hydroxylation sites is 6. The van der Waals surface area contributed by atoms with Crippen LogP contribution < -0.4 is 19.6 Å². The number of nitrogens with zero attached hydrogens (tertiary/aromatic N) is 6. The van der Waals surface area contributed by atoms with Crippen LogP contribution in [0.15, 0.2) is 322 Å². The zero-order chi connectivity index (χ0) is 65.7. The fourth-order valence-electron chi connectivity index (χ4n) is 16.1. The quantitative estimate of drug-likeness (QED) is 0.0961. The van der Waals surface area contributed by atoms with Gasteiger partial charge in [0.05, 0.1) is 55.8 Å². The van der Waals surface area contributed by atoms with E-state index in [1.54, 1.807) is 0 Å². The van der Waals surface area contributed by atoms with Gasteiger partial charge in [0.2, 0.25) is 0 Å². The summed E-state index contributed by atoms with van der Waals surface area (Å²) < 4.78 is 5.05. The second-order valence-electron chi connectivity index (χ2n) is 26.9.